The van der Waals surface area contributed by atoms with Crippen molar-refractivity contribution in [3.05, 3.63) is 60.2 Å². The van der Waals surface area contributed by atoms with Gasteiger partial charge >= 0.3 is 0 Å². The van der Waals surface area contributed by atoms with Gasteiger partial charge in [0.25, 0.3) is 0 Å². The van der Waals surface area contributed by atoms with Crippen molar-refractivity contribution in [3.63, 3.8) is 0 Å². The summed E-state index contributed by atoms with van der Waals surface area (Å²) in [5.74, 6) is 0. The third-order valence-corrected chi connectivity index (χ3v) is 4.74. The van der Waals surface area contributed by atoms with Gasteiger partial charge in [-0.2, -0.15) is 0 Å². The molecule has 0 spiro atoms. The highest BCUT2D eigenvalue weighted by atomic mass is 16.3. The number of carbonyl (C=O) groups is 1. The van der Waals surface area contributed by atoms with Crippen molar-refractivity contribution in [1.82, 2.24) is 20.2 Å². The van der Waals surface area contributed by atoms with Crippen LogP contribution in [0.3, 0.4) is 0 Å². The van der Waals surface area contributed by atoms with Crippen molar-refractivity contribution in [3.8, 4) is 0 Å². The minimum Gasteiger partial charge on any atom is -0.378 e. The van der Waals surface area contributed by atoms with Crippen molar-refractivity contribution < 1.29 is 9.90 Å². The summed E-state index contributed by atoms with van der Waals surface area (Å²) in [6.45, 7) is 0. The molecule has 3 heterocycles. The third-order valence-electron chi connectivity index (χ3n) is 4.74. The van der Waals surface area contributed by atoms with Crippen LogP contribution in [0.1, 0.15) is 48.9 Å². The van der Waals surface area contributed by atoms with E-state index in [0.717, 1.165) is 31.1 Å². The highest BCUT2D eigenvalue weighted by Gasteiger charge is 2.29. The highest BCUT2D eigenvalue weighted by molar-refractivity contribution is 5.49. The molecule has 1 fully saturated rings. The molecule has 3 atom stereocenters. The van der Waals surface area contributed by atoms with Crippen molar-refractivity contribution in [1.29, 1.82) is 0 Å². The smallest absolute Gasteiger partial charge is 0.120 e. The van der Waals surface area contributed by atoms with Crippen LogP contribution < -0.4 is 5.32 Å². The van der Waals surface area contributed by atoms with Crippen LogP contribution in [-0.2, 0) is 4.79 Å². The van der Waals surface area contributed by atoms with E-state index in [1.54, 1.807) is 12.4 Å². The molecule has 0 bridgehead atoms. The fourth-order valence-electron chi connectivity index (χ4n) is 3.19. The van der Waals surface area contributed by atoms with Crippen LogP contribution in [0.25, 0.3) is 0 Å². The van der Waals surface area contributed by atoms with Gasteiger partial charge in [0, 0.05) is 43.3 Å². The lowest BCUT2D eigenvalue weighted by atomic mass is 10.0. The Morgan fingerprint density at radius 2 is 2.00 bits per heavy atom. The zero-order chi connectivity index (χ0) is 18.8. The molecule has 0 saturated carbocycles. The number of nitrogens with one attached hydrogen (secondary N) is 1. The van der Waals surface area contributed by atoms with Crippen molar-refractivity contribution in [2.24, 2.45) is 0 Å². The van der Waals surface area contributed by atoms with E-state index < -0.39 is 0 Å². The molecule has 1 aliphatic heterocycles. The first kappa shape index (κ1) is 20.2. The average Bonchev–Trinajstić information content (AvgIpc) is 3.03. The fourth-order valence-corrected chi connectivity index (χ4v) is 3.19. The van der Waals surface area contributed by atoms with Gasteiger partial charge in [-0.05, 0) is 56.6 Å². The van der Waals surface area contributed by atoms with E-state index >= 15 is 0 Å². The molecule has 0 radical (unpaired) electrons. The van der Waals surface area contributed by atoms with Gasteiger partial charge < -0.3 is 15.2 Å². The van der Waals surface area contributed by atoms with Crippen LogP contribution in [0, 0.1) is 0 Å². The molecule has 140 valence electrons. The lowest BCUT2D eigenvalue weighted by Gasteiger charge is -2.22. The van der Waals surface area contributed by atoms with Gasteiger partial charge in [0.2, 0.25) is 0 Å². The molecule has 2 aromatic rings. The normalized spacial score (nSPS) is 20.9. The minimum atomic E-state index is -0.287. The Morgan fingerprint density at radius 3 is 2.50 bits per heavy atom. The molecule has 1 aliphatic rings. The summed E-state index contributed by atoms with van der Waals surface area (Å²) in [4.78, 5) is 20.3. The van der Waals surface area contributed by atoms with E-state index in [2.05, 4.69) is 21.4 Å². The summed E-state index contributed by atoms with van der Waals surface area (Å²) in [6, 6.07) is 8.49. The van der Waals surface area contributed by atoms with Gasteiger partial charge in [0.1, 0.15) is 12.5 Å². The maximum Gasteiger partial charge on any atom is 0.120 e. The van der Waals surface area contributed by atoms with E-state index in [9.17, 15) is 9.90 Å². The number of likely N-dealkylation sites (tertiary alicyclic amines) is 1. The maximum absolute atomic E-state index is 10.2. The van der Waals surface area contributed by atoms with Crippen LogP contribution in [0.5, 0.6) is 0 Å². The number of pyridine rings is 2. The zero-order valence-corrected chi connectivity index (χ0v) is 15.5. The van der Waals surface area contributed by atoms with E-state index in [0.29, 0.717) is 12.5 Å². The first-order valence-electron chi connectivity index (χ1n) is 8.98. The monoisotopic (exact) mass is 356 g/mol. The van der Waals surface area contributed by atoms with Gasteiger partial charge in [-0.1, -0.05) is 12.1 Å². The Balaban J connectivity index is 0.000000187. The summed E-state index contributed by atoms with van der Waals surface area (Å²) in [5, 5.41) is 12.7. The molecule has 3 unspecified atom stereocenters. The highest BCUT2D eigenvalue weighted by Crippen LogP contribution is 2.32. The van der Waals surface area contributed by atoms with Gasteiger partial charge in [-0.3, -0.25) is 14.9 Å². The molecule has 1 saturated heterocycles. The molecular weight excluding hydrogens is 328 g/mol. The lowest BCUT2D eigenvalue weighted by molar-refractivity contribution is -0.108. The lowest BCUT2D eigenvalue weighted by Crippen LogP contribution is -2.26. The number of hydrogen-bond acceptors (Lipinski definition) is 6. The Hall–Kier alpha value is -2.15. The van der Waals surface area contributed by atoms with Crippen LogP contribution in [0.4, 0.5) is 0 Å². The summed E-state index contributed by atoms with van der Waals surface area (Å²) in [7, 11) is 3.85. The number of aromatic nitrogens is 2. The van der Waals surface area contributed by atoms with Crippen LogP contribution in [0.15, 0.2) is 49.1 Å². The topological polar surface area (TPSA) is 78.4 Å². The number of carbonyl (C=O) groups excluding carboxylic acids is 1. The average molecular weight is 356 g/mol. The third kappa shape index (κ3) is 5.69. The summed E-state index contributed by atoms with van der Waals surface area (Å²) in [5.41, 5.74) is 2.33. The molecule has 6 heteroatoms. The Bertz CT molecular complexity index is 639. The van der Waals surface area contributed by atoms with Crippen LogP contribution in [-0.4, -0.2) is 46.6 Å². The van der Waals surface area contributed by atoms with Gasteiger partial charge in [-0.15, -0.1) is 0 Å². The second-order valence-corrected chi connectivity index (χ2v) is 6.40. The molecule has 2 N–H and O–H groups in total. The van der Waals surface area contributed by atoms with E-state index in [4.69, 9.17) is 0 Å². The SMILES string of the molecule is CN1C(O)CCC1c1cccnc1.CNC(CCC=O)c1cccnc1. The molecule has 0 aliphatic carbocycles. The minimum absolute atomic E-state index is 0.235. The molecule has 6 nitrogen and oxygen atoms in total. The Labute approximate surface area is 155 Å². The van der Waals surface area contributed by atoms with Crippen molar-refractivity contribution >= 4 is 6.29 Å². The van der Waals surface area contributed by atoms with Crippen molar-refractivity contribution in [2.75, 3.05) is 14.1 Å². The van der Waals surface area contributed by atoms with E-state index in [1.807, 2.05) is 49.6 Å². The standard InChI is InChI=1S/2C10H14N2O/c1-12-9(4-5-10(12)13)8-3-2-6-11-7-8;1-11-10(5-3-7-13)9-4-2-6-12-8-9/h2-3,6-7,9-10,13H,4-5H2,1H3;2,4,6-8,10-11H,3,5H2,1H3. The second-order valence-electron chi connectivity index (χ2n) is 6.40. The van der Waals surface area contributed by atoms with E-state index in [1.165, 1.54) is 5.56 Å². The number of aldehydes is 1. The summed E-state index contributed by atoms with van der Waals surface area (Å²) < 4.78 is 0. The largest absolute Gasteiger partial charge is 0.378 e. The van der Waals surface area contributed by atoms with Crippen LogP contribution >= 0.6 is 0 Å². The maximum atomic E-state index is 10.2. The number of hydrogen-bond donors (Lipinski definition) is 2. The summed E-state index contributed by atoms with van der Waals surface area (Å²) >= 11 is 0. The van der Waals surface area contributed by atoms with Crippen molar-refractivity contribution in [2.45, 2.75) is 44.0 Å². The predicted octanol–water partition coefficient (Wildman–Crippen LogP) is 2.49. The molecule has 3 rings (SSSR count). The number of nitrogens with zero attached hydrogens (tertiary/aromatic N) is 3. The number of rotatable bonds is 6. The fraction of sp³-hybridized carbons (Fsp3) is 0.450. The first-order valence-corrected chi connectivity index (χ1v) is 8.98. The van der Waals surface area contributed by atoms with Crippen LogP contribution in [0.2, 0.25) is 0 Å². The van der Waals surface area contributed by atoms with Gasteiger partial charge in [-0.25, -0.2) is 0 Å². The molecular formula is C20H28N4O2. The predicted molar refractivity (Wildman–Crippen MR) is 101 cm³/mol. The number of aliphatic hydroxyl groups is 1. The Kier molecular flexibility index (Phi) is 8.34. The second kappa shape index (κ2) is 10.8. The first-order chi connectivity index (χ1) is 12.7. The molecule has 0 amide bonds. The van der Waals surface area contributed by atoms with Gasteiger partial charge in [0.15, 0.2) is 0 Å². The molecule has 26 heavy (non-hydrogen) atoms. The molecule has 0 aromatic carbocycles. The quantitative estimate of drug-likeness (QED) is 0.774. The van der Waals surface area contributed by atoms with Gasteiger partial charge in [0.05, 0.1) is 0 Å². The summed E-state index contributed by atoms with van der Waals surface area (Å²) in [6.07, 6.45) is 11.2. The van der Waals surface area contributed by atoms with E-state index in [-0.39, 0.29) is 12.3 Å². The number of aliphatic hydroxyl groups excluding tert-OH is 1. The zero-order valence-electron chi connectivity index (χ0n) is 15.5. The molecule has 2 aromatic heterocycles. The Morgan fingerprint density at radius 1 is 1.27 bits per heavy atom.